The summed E-state index contributed by atoms with van der Waals surface area (Å²) in [6.45, 7) is 9.93. The summed E-state index contributed by atoms with van der Waals surface area (Å²) in [4.78, 5) is 0. The van der Waals surface area contributed by atoms with Crippen LogP contribution in [0.1, 0.15) is 72.6 Å². The van der Waals surface area contributed by atoms with Gasteiger partial charge in [0.05, 0.1) is 0 Å². The Balaban J connectivity index is 2.47. The van der Waals surface area contributed by atoms with Gasteiger partial charge in [-0.1, -0.05) is 25.7 Å². The normalized spacial score (nSPS) is 25.1. The molecule has 1 heteroatoms. The Labute approximate surface area is 114 Å². The highest BCUT2D eigenvalue weighted by Crippen LogP contribution is 2.31. The molecular weight excluding hydrogens is 218 g/mol. The molecule has 0 heterocycles. The highest BCUT2D eigenvalue weighted by Gasteiger charge is 2.24. The van der Waals surface area contributed by atoms with Crippen molar-refractivity contribution in [2.75, 3.05) is 6.54 Å². The lowest BCUT2D eigenvalue weighted by molar-refractivity contribution is 0.261. The van der Waals surface area contributed by atoms with E-state index in [-0.39, 0.29) is 5.54 Å². The molecule has 2 unspecified atom stereocenters. The summed E-state index contributed by atoms with van der Waals surface area (Å²) >= 11 is 0. The predicted octanol–water partition coefficient (Wildman–Crippen LogP) is 4.37. The summed E-state index contributed by atoms with van der Waals surface area (Å²) in [5.74, 6) is 8.02. The molecule has 1 rings (SSSR count). The second-order valence-corrected chi connectivity index (χ2v) is 6.75. The van der Waals surface area contributed by atoms with Gasteiger partial charge in [-0.05, 0) is 58.9 Å². The van der Waals surface area contributed by atoms with Crippen molar-refractivity contribution in [3.63, 3.8) is 0 Å². The summed E-state index contributed by atoms with van der Waals surface area (Å²) in [7, 11) is 0. The molecule has 1 aliphatic rings. The Hall–Kier alpha value is -0.480. The minimum atomic E-state index is 0.250. The quantitative estimate of drug-likeness (QED) is 0.576. The van der Waals surface area contributed by atoms with Crippen LogP contribution in [0.15, 0.2) is 0 Å². The van der Waals surface area contributed by atoms with E-state index in [2.05, 4.69) is 37.9 Å². The molecule has 0 aromatic heterocycles. The van der Waals surface area contributed by atoms with E-state index in [0.29, 0.717) is 0 Å². The van der Waals surface area contributed by atoms with Crippen LogP contribution in [0.25, 0.3) is 0 Å². The van der Waals surface area contributed by atoms with E-state index in [9.17, 15) is 0 Å². The van der Waals surface area contributed by atoms with Crippen molar-refractivity contribution in [1.82, 2.24) is 5.32 Å². The third-order valence-electron chi connectivity index (χ3n) is 4.03. The number of rotatable bonds is 4. The zero-order chi connectivity index (χ0) is 13.4. The minimum absolute atomic E-state index is 0.250. The van der Waals surface area contributed by atoms with Gasteiger partial charge in [-0.15, -0.1) is 11.8 Å². The summed E-state index contributed by atoms with van der Waals surface area (Å²) in [5.41, 5.74) is 0.250. The molecule has 0 aliphatic heterocycles. The fourth-order valence-corrected chi connectivity index (χ4v) is 2.93. The van der Waals surface area contributed by atoms with Crippen molar-refractivity contribution in [3.05, 3.63) is 0 Å². The topological polar surface area (TPSA) is 12.0 Å². The second kappa shape index (κ2) is 7.85. The van der Waals surface area contributed by atoms with Crippen LogP contribution in [0.3, 0.4) is 0 Å². The van der Waals surface area contributed by atoms with Crippen LogP contribution in [0.4, 0.5) is 0 Å². The monoisotopic (exact) mass is 249 g/mol. The summed E-state index contributed by atoms with van der Waals surface area (Å²) in [6, 6.07) is 0. The van der Waals surface area contributed by atoms with E-state index >= 15 is 0 Å². The fraction of sp³-hybridized carbons (Fsp3) is 0.882. The van der Waals surface area contributed by atoms with Crippen molar-refractivity contribution in [1.29, 1.82) is 0 Å². The van der Waals surface area contributed by atoms with E-state index in [1.54, 1.807) is 0 Å². The van der Waals surface area contributed by atoms with Crippen LogP contribution in [0, 0.1) is 23.7 Å². The molecule has 1 saturated carbocycles. The lowest BCUT2D eigenvalue weighted by Gasteiger charge is -2.29. The van der Waals surface area contributed by atoms with Gasteiger partial charge < -0.3 is 5.32 Å². The van der Waals surface area contributed by atoms with Gasteiger partial charge in [0.1, 0.15) is 0 Å². The largest absolute Gasteiger partial charge is 0.312 e. The van der Waals surface area contributed by atoms with E-state index < -0.39 is 0 Å². The van der Waals surface area contributed by atoms with E-state index in [0.717, 1.165) is 18.3 Å². The highest BCUT2D eigenvalue weighted by atomic mass is 14.9. The molecule has 1 nitrogen and oxygen atoms in total. The van der Waals surface area contributed by atoms with Gasteiger partial charge in [0.15, 0.2) is 0 Å². The summed E-state index contributed by atoms with van der Waals surface area (Å²) < 4.78 is 0. The lowest BCUT2D eigenvalue weighted by atomic mass is 9.84. The number of nitrogens with one attached hydrogen (secondary N) is 1. The average Bonchev–Trinajstić information content (AvgIpc) is 2.51. The molecule has 0 amide bonds. The van der Waals surface area contributed by atoms with E-state index in [4.69, 9.17) is 0 Å². The molecule has 0 aromatic carbocycles. The molecule has 0 aromatic rings. The number of hydrogen-bond acceptors (Lipinski definition) is 1. The van der Waals surface area contributed by atoms with Gasteiger partial charge in [-0.25, -0.2) is 0 Å². The van der Waals surface area contributed by atoms with Crippen LogP contribution < -0.4 is 5.32 Å². The SMILES string of the molecule is CC#CCCC1CCCCCC1CNC(C)(C)C. The Bertz CT molecular complexity index is 276. The summed E-state index contributed by atoms with van der Waals surface area (Å²) in [5, 5.41) is 3.70. The second-order valence-electron chi connectivity index (χ2n) is 6.75. The highest BCUT2D eigenvalue weighted by molar-refractivity contribution is 4.95. The first-order valence-corrected chi connectivity index (χ1v) is 7.67. The van der Waals surface area contributed by atoms with Crippen molar-refractivity contribution >= 4 is 0 Å². The van der Waals surface area contributed by atoms with Gasteiger partial charge in [-0.2, -0.15) is 0 Å². The van der Waals surface area contributed by atoms with Crippen LogP contribution in [0.5, 0.6) is 0 Å². The zero-order valence-electron chi connectivity index (χ0n) is 12.8. The average molecular weight is 249 g/mol. The molecule has 2 atom stereocenters. The maximum atomic E-state index is 3.70. The molecule has 0 bridgehead atoms. The van der Waals surface area contributed by atoms with Crippen molar-refractivity contribution in [2.24, 2.45) is 11.8 Å². The van der Waals surface area contributed by atoms with Crippen molar-refractivity contribution in [3.8, 4) is 11.8 Å². The van der Waals surface area contributed by atoms with Gasteiger partial charge >= 0.3 is 0 Å². The first-order chi connectivity index (χ1) is 8.53. The molecular formula is C17H31N. The predicted molar refractivity (Wildman–Crippen MR) is 80.5 cm³/mol. The lowest BCUT2D eigenvalue weighted by Crippen LogP contribution is -2.40. The van der Waals surface area contributed by atoms with Crippen molar-refractivity contribution in [2.45, 2.75) is 78.2 Å². The smallest absolute Gasteiger partial charge is 0.00966 e. The third kappa shape index (κ3) is 6.45. The fourth-order valence-electron chi connectivity index (χ4n) is 2.93. The Morgan fingerprint density at radius 2 is 1.72 bits per heavy atom. The number of hydrogen-bond donors (Lipinski definition) is 1. The van der Waals surface area contributed by atoms with Gasteiger partial charge in [-0.3, -0.25) is 0 Å². The maximum Gasteiger partial charge on any atom is 0.00966 e. The molecule has 1 N–H and O–H groups in total. The molecule has 18 heavy (non-hydrogen) atoms. The van der Waals surface area contributed by atoms with E-state index in [1.807, 2.05) is 6.92 Å². The maximum absolute atomic E-state index is 3.70. The minimum Gasteiger partial charge on any atom is -0.312 e. The van der Waals surface area contributed by atoms with Gasteiger partial charge in [0.2, 0.25) is 0 Å². The van der Waals surface area contributed by atoms with Crippen molar-refractivity contribution < 1.29 is 0 Å². The third-order valence-corrected chi connectivity index (χ3v) is 4.03. The Morgan fingerprint density at radius 3 is 2.33 bits per heavy atom. The van der Waals surface area contributed by atoms with Crippen LogP contribution in [-0.4, -0.2) is 12.1 Å². The molecule has 104 valence electrons. The zero-order valence-corrected chi connectivity index (χ0v) is 12.8. The summed E-state index contributed by atoms with van der Waals surface area (Å²) in [6.07, 6.45) is 9.50. The van der Waals surface area contributed by atoms with Crippen LogP contribution in [-0.2, 0) is 0 Å². The standard InChI is InChI=1S/C17H31N/c1-5-6-8-11-15-12-9-7-10-13-16(15)14-18-17(2,3)4/h15-16,18H,7-14H2,1-4H3. The molecule has 1 fully saturated rings. The Kier molecular flexibility index (Phi) is 6.79. The first-order valence-electron chi connectivity index (χ1n) is 7.67. The first kappa shape index (κ1) is 15.6. The van der Waals surface area contributed by atoms with Crippen LogP contribution >= 0.6 is 0 Å². The molecule has 0 saturated heterocycles. The van der Waals surface area contributed by atoms with Gasteiger partial charge in [0.25, 0.3) is 0 Å². The Morgan fingerprint density at radius 1 is 1.06 bits per heavy atom. The molecule has 0 radical (unpaired) electrons. The molecule has 0 spiro atoms. The van der Waals surface area contributed by atoms with E-state index in [1.165, 1.54) is 45.1 Å². The molecule has 1 aliphatic carbocycles. The van der Waals surface area contributed by atoms with Gasteiger partial charge in [0, 0.05) is 12.0 Å². The van der Waals surface area contributed by atoms with Crippen LogP contribution in [0.2, 0.25) is 0 Å².